The fourth-order valence-corrected chi connectivity index (χ4v) is 5.54. The average Bonchev–Trinajstić information content (AvgIpc) is 3.41. The maximum Gasteiger partial charge on any atom is 0.327 e. The number of imide groups is 1. The van der Waals surface area contributed by atoms with E-state index in [1.54, 1.807) is 31.2 Å². The Balaban J connectivity index is 1.84. The van der Waals surface area contributed by atoms with Crippen molar-refractivity contribution >= 4 is 34.8 Å². The lowest BCUT2D eigenvalue weighted by molar-refractivity contribution is -0.155. The van der Waals surface area contributed by atoms with Gasteiger partial charge >= 0.3 is 5.97 Å². The van der Waals surface area contributed by atoms with Crippen LogP contribution in [0.2, 0.25) is 0 Å². The molecule has 4 rings (SSSR count). The van der Waals surface area contributed by atoms with Crippen LogP contribution in [0.5, 0.6) is 0 Å². The molecule has 6 nitrogen and oxygen atoms in total. The van der Waals surface area contributed by atoms with Gasteiger partial charge in [0.25, 0.3) is 0 Å². The molecule has 1 N–H and O–H groups in total. The molecule has 1 aromatic heterocycles. The van der Waals surface area contributed by atoms with Crippen molar-refractivity contribution in [1.29, 1.82) is 0 Å². The van der Waals surface area contributed by atoms with Gasteiger partial charge in [-0.25, -0.2) is 4.90 Å². The van der Waals surface area contributed by atoms with E-state index in [1.165, 1.54) is 16.2 Å². The first-order valence-corrected chi connectivity index (χ1v) is 10.8. The summed E-state index contributed by atoms with van der Waals surface area (Å²) in [6.45, 7) is 3.93. The van der Waals surface area contributed by atoms with Crippen molar-refractivity contribution in [2.75, 3.05) is 11.5 Å². The first-order chi connectivity index (χ1) is 14.0. The van der Waals surface area contributed by atoms with Crippen LogP contribution in [-0.4, -0.2) is 29.9 Å². The first-order valence-electron chi connectivity index (χ1n) is 9.96. The molecule has 2 amide bonds. The summed E-state index contributed by atoms with van der Waals surface area (Å²) in [4.78, 5) is 42.4. The predicted octanol–water partition coefficient (Wildman–Crippen LogP) is 3.30. The van der Waals surface area contributed by atoms with Crippen molar-refractivity contribution in [2.24, 2.45) is 11.8 Å². The normalized spacial score (nSPS) is 28.6. The van der Waals surface area contributed by atoms with Crippen molar-refractivity contribution in [3.05, 3.63) is 52.7 Å². The van der Waals surface area contributed by atoms with Gasteiger partial charge in [0, 0.05) is 4.88 Å². The zero-order valence-corrected chi connectivity index (χ0v) is 17.3. The fraction of sp³-hybridized carbons (Fsp3) is 0.409. The van der Waals surface area contributed by atoms with Crippen molar-refractivity contribution in [2.45, 2.75) is 38.3 Å². The summed E-state index contributed by atoms with van der Waals surface area (Å²) in [7, 11) is 0. The van der Waals surface area contributed by atoms with Crippen LogP contribution in [0.25, 0.3) is 0 Å². The largest absolute Gasteiger partial charge is 0.465 e. The quantitative estimate of drug-likeness (QED) is 0.582. The number of nitrogens with zero attached hydrogens (tertiary/aromatic N) is 1. The van der Waals surface area contributed by atoms with Gasteiger partial charge in [-0.05, 0) is 36.9 Å². The molecule has 1 aromatic carbocycles. The molecule has 0 saturated carbocycles. The van der Waals surface area contributed by atoms with Crippen LogP contribution in [0.1, 0.15) is 37.6 Å². The Labute approximate surface area is 173 Å². The maximum absolute atomic E-state index is 13.6. The first kappa shape index (κ1) is 19.8. The predicted molar refractivity (Wildman–Crippen MR) is 110 cm³/mol. The molecule has 7 heteroatoms. The van der Waals surface area contributed by atoms with Gasteiger partial charge in [-0.3, -0.25) is 19.7 Å². The number of esters is 1. The highest BCUT2D eigenvalue weighted by Gasteiger charge is 2.68. The number of thiophene rings is 1. The summed E-state index contributed by atoms with van der Waals surface area (Å²) in [6.07, 6.45) is 1.11. The Morgan fingerprint density at radius 3 is 2.52 bits per heavy atom. The number of hydrogen-bond donors (Lipinski definition) is 1. The minimum atomic E-state index is -1.21. The van der Waals surface area contributed by atoms with Gasteiger partial charge in [0.15, 0.2) is 0 Å². The van der Waals surface area contributed by atoms with Crippen molar-refractivity contribution in [1.82, 2.24) is 5.32 Å². The van der Waals surface area contributed by atoms with Crippen LogP contribution in [0.3, 0.4) is 0 Å². The van der Waals surface area contributed by atoms with E-state index in [2.05, 4.69) is 5.32 Å². The topological polar surface area (TPSA) is 75.7 Å². The summed E-state index contributed by atoms with van der Waals surface area (Å²) in [6, 6.07) is 12.4. The third-order valence-corrected chi connectivity index (χ3v) is 6.76. The molecule has 2 saturated heterocycles. The van der Waals surface area contributed by atoms with Crippen LogP contribution in [-0.2, 0) is 19.1 Å². The van der Waals surface area contributed by atoms with Crippen LogP contribution in [0.15, 0.2) is 47.8 Å². The Morgan fingerprint density at radius 1 is 1.14 bits per heavy atom. The van der Waals surface area contributed by atoms with E-state index in [4.69, 9.17) is 4.74 Å². The van der Waals surface area contributed by atoms with Gasteiger partial charge in [0.1, 0.15) is 5.54 Å². The van der Waals surface area contributed by atoms with Crippen molar-refractivity contribution in [3.63, 3.8) is 0 Å². The van der Waals surface area contributed by atoms with Gasteiger partial charge in [0.2, 0.25) is 11.8 Å². The summed E-state index contributed by atoms with van der Waals surface area (Å²) in [5, 5.41) is 5.33. The number of rotatable bonds is 6. The molecule has 0 spiro atoms. The smallest absolute Gasteiger partial charge is 0.327 e. The number of para-hydroxylation sites is 1. The molecule has 29 heavy (non-hydrogen) atoms. The molecule has 2 fully saturated rings. The van der Waals surface area contributed by atoms with E-state index in [0.29, 0.717) is 18.5 Å². The average molecular weight is 413 g/mol. The number of carbonyl (C=O) groups excluding carboxylic acids is 3. The third-order valence-electron chi connectivity index (χ3n) is 5.80. The van der Waals surface area contributed by atoms with Gasteiger partial charge < -0.3 is 4.74 Å². The lowest BCUT2D eigenvalue weighted by Crippen LogP contribution is -2.56. The molecule has 4 atom stereocenters. The molecule has 0 bridgehead atoms. The second-order valence-corrected chi connectivity index (χ2v) is 8.41. The number of amides is 2. The lowest BCUT2D eigenvalue weighted by Gasteiger charge is -2.32. The number of nitrogens with one attached hydrogen (secondary N) is 1. The highest BCUT2D eigenvalue weighted by atomic mass is 32.1. The van der Waals surface area contributed by atoms with Crippen LogP contribution in [0, 0.1) is 11.8 Å². The molecule has 2 aliphatic rings. The zero-order valence-electron chi connectivity index (χ0n) is 16.5. The number of ether oxygens (including phenoxy) is 1. The molecule has 0 unspecified atom stereocenters. The Kier molecular flexibility index (Phi) is 5.27. The van der Waals surface area contributed by atoms with Crippen molar-refractivity contribution < 1.29 is 19.1 Å². The lowest BCUT2D eigenvalue weighted by atomic mass is 9.77. The Hall–Kier alpha value is -2.51. The highest BCUT2D eigenvalue weighted by molar-refractivity contribution is 7.10. The second kappa shape index (κ2) is 7.72. The van der Waals surface area contributed by atoms with E-state index < -0.39 is 29.4 Å². The third kappa shape index (κ3) is 3.00. The number of carbonyl (C=O) groups is 3. The van der Waals surface area contributed by atoms with Crippen LogP contribution >= 0.6 is 11.3 Å². The molecule has 2 aromatic rings. The zero-order chi connectivity index (χ0) is 20.6. The minimum absolute atomic E-state index is 0.220. The summed E-state index contributed by atoms with van der Waals surface area (Å²) in [5.41, 5.74) is -0.670. The van der Waals surface area contributed by atoms with Crippen LogP contribution in [0.4, 0.5) is 5.69 Å². The van der Waals surface area contributed by atoms with Gasteiger partial charge in [-0.1, -0.05) is 37.6 Å². The van der Waals surface area contributed by atoms with Crippen LogP contribution < -0.4 is 10.2 Å². The van der Waals surface area contributed by atoms with E-state index in [1.807, 2.05) is 30.5 Å². The second-order valence-electron chi connectivity index (χ2n) is 7.43. The van der Waals surface area contributed by atoms with Gasteiger partial charge in [0.05, 0.1) is 30.2 Å². The van der Waals surface area contributed by atoms with E-state index in [0.717, 1.165) is 4.88 Å². The van der Waals surface area contributed by atoms with Gasteiger partial charge in [-0.15, -0.1) is 11.3 Å². The fourth-order valence-electron chi connectivity index (χ4n) is 4.72. The van der Waals surface area contributed by atoms with E-state index in [9.17, 15) is 14.4 Å². The maximum atomic E-state index is 13.6. The molecule has 0 radical (unpaired) electrons. The van der Waals surface area contributed by atoms with E-state index >= 15 is 0 Å². The summed E-state index contributed by atoms with van der Waals surface area (Å²) < 4.78 is 5.40. The molecule has 2 aliphatic heterocycles. The number of hydrogen-bond acceptors (Lipinski definition) is 6. The summed E-state index contributed by atoms with van der Waals surface area (Å²) in [5.74, 6) is -2.48. The minimum Gasteiger partial charge on any atom is -0.465 e. The monoisotopic (exact) mass is 412 g/mol. The van der Waals surface area contributed by atoms with Gasteiger partial charge in [-0.2, -0.15) is 0 Å². The highest BCUT2D eigenvalue weighted by Crippen LogP contribution is 2.52. The summed E-state index contributed by atoms with van der Waals surface area (Å²) >= 11 is 1.52. The number of benzene rings is 1. The molecule has 3 heterocycles. The Bertz CT molecular complexity index is 914. The van der Waals surface area contributed by atoms with E-state index in [-0.39, 0.29) is 18.4 Å². The molecule has 0 aliphatic carbocycles. The SMILES string of the molecule is CCC[C@]1(C(=O)OCC)N[C@H](c2cccs2)[C@H]2C(=O)N(c3ccccc3)C(=O)[C@H]21. The molecule has 152 valence electrons. The molecular weight excluding hydrogens is 388 g/mol. The number of fused-ring (bicyclic) bond motifs is 1. The standard InChI is InChI=1S/C22H24N2O4S/c1-3-12-22(21(27)28-4-2)17-16(18(23-22)15-11-8-13-29-15)19(25)24(20(17)26)14-9-6-5-7-10-14/h5-11,13,16-18,23H,3-4,12H2,1-2H3/t16-,17-,18+,22-/m0/s1. The molecular formula is C22H24N2O4S. The van der Waals surface area contributed by atoms with Crippen molar-refractivity contribution in [3.8, 4) is 0 Å². The Morgan fingerprint density at radius 2 is 1.90 bits per heavy atom. The number of anilines is 1.